The molecule has 0 aliphatic heterocycles. The van der Waals surface area contributed by atoms with Crippen LogP contribution in [0, 0.1) is 0 Å². The minimum absolute atomic E-state index is 0.300. The number of hydrogen-bond donors (Lipinski definition) is 0. The molecule has 1 unspecified atom stereocenters. The quantitative estimate of drug-likeness (QED) is 0.678. The molecule has 0 bridgehead atoms. The Labute approximate surface area is 95.9 Å². The molecular formula is C13H19Br. The zero-order valence-electron chi connectivity index (χ0n) is 9.47. The first kappa shape index (κ1) is 11.8. The lowest BCUT2D eigenvalue weighted by Crippen LogP contribution is -2.15. The van der Waals surface area contributed by atoms with Crippen molar-refractivity contribution in [1.82, 2.24) is 0 Å². The van der Waals surface area contributed by atoms with Gasteiger partial charge in [0, 0.05) is 4.83 Å². The molecule has 14 heavy (non-hydrogen) atoms. The predicted octanol–water partition coefficient (Wildman–Crippen LogP) is 4.83. The van der Waals surface area contributed by atoms with Crippen LogP contribution in [0.1, 0.15) is 50.1 Å². The summed E-state index contributed by atoms with van der Waals surface area (Å²) in [5.41, 5.74) is 3.08. The van der Waals surface area contributed by atoms with Gasteiger partial charge in [-0.3, -0.25) is 0 Å². The van der Waals surface area contributed by atoms with Crippen LogP contribution in [0.5, 0.6) is 0 Å². The third kappa shape index (κ3) is 2.60. The van der Waals surface area contributed by atoms with E-state index in [2.05, 4.69) is 67.9 Å². The van der Waals surface area contributed by atoms with Crippen molar-refractivity contribution in [1.29, 1.82) is 0 Å². The minimum Gasteiger partial charge on any atom is -0.0842 e. The summed E-state index contributed by atoms with van der Waals surface area (Å²) in [6.07, 6.45) is 1.18. The fraction of sp³-hybridized carbons (Fsp3) is 0.538. The second-order valence-electron chi connectivity index (χ2n) is 4.48. The van der Waals surface area contributed by atoms with Crippen molar-refractivity contribution >= 4 is 15.9 Å². The molecule has 78 valence electrons. The molecule has 0 saturated carbocycles. The summed E-state index contributed by atoms with van der Waals surface area (Å²) in [6.45, 7) is 8.97. The maximum absolute atomic E-state index is 3.57. The van der Waals surface area contributed by atoms with Crippen LogP contribution in [0.4, 0.5) is 0 Å². The molecule has 0 fully saturated rings. The highest BCUT2D eigenvalue weighted by atomic mass is 79.9. The average molecular weight is 255 g/mol. The van der Waals surface area contributed by atoms with Gasteiger partial charge in [0.25, 0.3) is 0 Å². The van der Waals surface area contributed by atoms with Gasteiger partial charge in [-0.1, -0.05) is 61.0 Å². The highest BCUT2D eigenvalue weighted by Crippen LogP contribution is 2.29. The smallest absolute Gasteiger partial charge is 0.0367 e. The minimum atomic E-state index is 0.300. The first-order valence-corrected chi connectivity index (χ1v) is 6.13. The van der Waals surface area contributed by atoms with Crippen molar-refractivity contribution in [3.63, 3.8) is 0 Å². The van der Waals surface area contributed by atoms with Gasteiger partial charge in [0.05, 0.1) is 0 Å². The zero-order chi connectivity index (χ0) is 10.8. The second kappa shape index (κ2) is 4.48. The summed E-state index contributed by atoms with van der Waals surface area (Å²) in [6, 6.07) is 8.92. The van der Waals surface area contributed by atoms with Crippen molar-refractivity contribution in [3.05, 3.63) is 35.4 Å². The van der Waals surface area contributed by atoms with E-state index in [1.54, 1.807) is 0 Å². The Morgan fingerprint density at radius 2 is 1.71 bits per heavy atom. The van der Waals surface area contributed by atoms with Crippen LogP contribution in [0.2, 0.25) is 0 Å². The fourth-order valence-corrected chi connectivity index (χ4v) is 1.71. The molecule has 1 aromatic carbocycles. The molecule has 0 aliphatic rings. The SMILES string of the molecule is CCC(C)(C)c1ccc(C(C)Br)cc1. The summed E-state index contributed by atoms with van der Waals surface area (Å²) in [7, 11) is 0. The van der Waals surface area contributed by atoms with Crippen LogP contribution in [0.15, 0.2) is 24.3 Å². The summed E-state index contributed by atoms with van der Waals surface area (Å²) in [5.74, 6) is 0. The van der Waals surface area contributed by atoms with Crippen LogP contribution in [0.25, 0.3) is 0 Å². The van der Waals surface area contributed by atoms with E-state index in [1.165, 1.54) is 17.5 Å². The molecule has 0 nitrogen and oxygen atoms in total. The van der Waals surface area contributed by atoms with Gasteiger partial charge < -0.3 is 0 Å². The predicted molar refractivity (Wildman–Crippen MR) is 67.1 cm³/mol. The number of rotatable bonds is 3. The fourth-order valence-electron chi connectivity index (χ4n) is 1.40. The standard InChI is InChI=1S/C13H19Br/c1-5-13(3,4)12-8-6-11(7-9-12)10(2)14/h6-10H,5H2,1-4H3. The molecule has 1 aromatic rings. The lowest BCUT2D eigenvalue weighted by atomic mass is 9.82. The number of hydrogen-bond acceptors (Lipinski definition) is 0. The lowest BCUT2D eigenvalue weighted by Gasteiger charge is -2.23. The van der Waals surface area contributed by atoms with Gasteiger partial charge in [-0.2, -0.15) is 0 Å². The molecule has 0 aromatic heterocycles. The first-order chi connectivity index (χ1) is 6.47. The first-order valence-electron chi connectivity index (χ1n) is 5.22. The maximum atomic E-state index is 3.57. The molecule has 0 saturated heterocycles. The summed E-state index contributed by atoms with van der Waals surface area (Å²) >= 11 is 3.57. The summed E-state index contributed by atoms with van der Waals surface area (Å²) in [4.78, 5) is 0.446. The third-order valence-corrected chi connectivity index (χ3v) is 3.56. The third-order valence-electron chi connectivity index (χ3n) is 3.04. The van der Waals surface area contributed by atoms with E-state index in [1.807, 2.05) is 0 Å². The van der Waals surface area contributed by atoms with Gasteiger partial charge in [-0.15, -0.1) is 0 Å². The van der Waals surface area contributed by atoms with E-state index in [0.717, 1.165) is 0 Å². The van der Waals surface area contributed by atoms with Crippen LogP contribution in [-0.2, 0) is 5.41 Å². The van der Waals surface area contributed by atoms with Gasteiger partial charge in [0.1, 0.15) is 0 Å². The molecule has 1 rings (SSSR count). The average Bonchev–Trinajstić information content (AvgIpc) is 2.18. The normalized spacial score (nSPS) is 14.1. The van der Waals surface area contributed by atoms with Crippen molar-refractivity contribution < 1.29 is 0 Å². The Kier molecular flexibility index (Phi) is 3.77. The molecule has 0 N–H and O–H groups in total. The lowest BCUT2D eigenvalue weighted by molar-refractivity contribution is 0.506. The Balaban J connectivity index is 2.94. The van der Waals surface area contributed by atoms with Crippen LogP contribution < -0.4 is 0 Å². The Bertz CT molecular complexity index is 283. The maximum Gasteiger partial charge on any atom is 0.0367 e. The summed E-state index contributed by atoms with van der Waals surface area (Å²) in [5, 5.41) is 0. The van der Waals surface area contributed by atoms with E-state index in [0.29, 0.717) is 10.2 Å². The second-order valence-corrected chi connectivity index (χ2v) is 5.85. The molecule has 0 radical (unpaired) electrons. The number of halogens is 1. The van der Waals surface area contributed by atoms with Gasteiger partial charge in [-0.25, -0.2) is 0 Å². The van der Waals surface area contributed by atoms with E-state index in [9.17, 15) is 0 Å². The zero-order valence-corrected chi connectivity index (χ0v) is 11.1. The van der Waals surface area contributed by atoms with Gasteiger partial charge >= 0.3 is 0 Å². The van der Waals surface area contributed by atoms with E-state index in [4.69, 9.17) is 0 Å². The number of alkyl halides is 1. The summed E-state index contributed by atoms with van der Waals surface area (Å²) < 4.78 is 0. The highest BCUT2D eigenvalue weighted by Gasteiger charge is 2.17. The van der Waals surface area contributed by atoms with Gasteiger partial charge in [-0.05, 0) is 29.9 Å². The van der Waals surface area contributed by atoms with Crippen molar-refractivity contribution in [2.75, 3.05) is 0 Å². The molecular weight excluding hydrogens is 236 g/mol. The van der Waals surface area contributed by atoms with Crippen molar-refractivity contribution in [3.8, 4) is 0 Å². The van der Waals surface area contributed by atoms with Crippen molar-refractivity contribution in [2.45, 2.75) is 44.4 Å². The van der Waals surface area contributed by atoms with Gasteiger partial charge in [0.2, 0.25) is 0 Å². The number of benzene rings is 1. The molecule has 1 heteroatoms. The largest absolute Gasteiger partial charge is 0.0842 e. The molecule has 0 spiro atoms. The Hall–Kier alpha value is -0.300. The molecule has 0 heterocycles. The van der Waals surface area contributed by atoms with E-state index in [-0.39, 0.29) is 0 Å². The highest BCUT2D eigenvalue weighted by molar-refractivity contribution is 9.09. The Morgan fingerprint density at radius 1 is 1.21 bits per heavy atom. The van der Waals surface area contributed by atoms with E-state index < -0.39 is 0 Å². The topological polar surface area (TPSA) is 0 Å². The molecule has 0 aliphatic carbocycles. The molecule has 1 atom stereocenters. The van der Waals surface area contributed by atoms with Crippen LogP contribution >= 0.6 is 15.9 Å². The van der Waals surface area contributed by atoms with E-state index >= 15 is 0 Å². The van der Waals surface area contributed by atoms with Crippen LogP contribution in [-0.4, -0.2) is 0 Å². The monoisotopic (exact) mass is 254 g/mol. The molecule has 0 amide bonds. The Morgan fingerprint density at radius 3 is 2.07 bits per heavy atom. The van der Waals surface area contributed by atoms with Gasteiger partial charge in [0.15, 0.2) is 0 Å². The van der Waals surface area contributed by atoms with Crippen molar-refractivity contribution in [2.24, 2.45) is 0 Å². The van der Waals surface area contributed by atoms with Crippen LogP contribution in [0.3, 0.4) is 0 Å².